The first-order valence-electron chi connectivity index (χ1n) is 5.35. The van der Waals surface area contributed by atoms with E-state index in [1.54, 1.807) is 6.07 Å². The van der Waals surface area contributed by atoms with Crippen LogP contribution in [-0.2, 0) is 6.54 Å². The van der Waals surface area contributed by atoms with E-state index in [1.165, 1.54) is 24.4 Å². The van der Waals surface area contributed by atoms with Gasteiger partial charge in [0.15, 0.2) is 0 Å². The highest BCUT2D eigenvalue weighted by Gasteiger charge is 2.09. The van der Waals surface area contributed by atoms with Gasteiger partial charge in [0.2, 0.25) is 0 Å². The summed E-state index contributed by atoms with van der Waals surface area (Å²) in [6.07, 6.45) is 1.17. The van der Waals surface area contributed by atoms with E-state index in [4.69, 9.17) is 16.7 Å². The normalized spacial score (nSPS) is 10.4. The van der Waals surface area contributed by atoms with Crippen molar-refractivity contribution in [1.29, 1.82) is 0 Å². The fourth-order valence-electron chi connectivity index (χ4n) is 1.64. The molecule has 0 unspecified atom stereocenters. The first-order chi connectivity index (χ1) is 8.99. The topological polar surface area (TPSA) is 59.3 Å². The van der Waals surface area contributed by atoms with Gasteiger partial charge in [-0.25, -0.2) is 9.18 Å². The zero-order chi connectivity index (χ0) is 14.0. The Morgan fingerprint density at radius 1 is 1.32 bits per heavy atom. The predicted molar refractivity (Wildman–Crippen MR) is 68.2 cm³/mol. The van der Waals surface area contributed by atoms with Crippen LogP contribution in [0.15, 0.2) is 41.3 Å². The highest BCUT2D eigenvalue weighted by atomic mass is 35.5. The molecule has 0 radical (unpaired) electrons. The number of carboxylic acids is 1. The average Bonchev–Trinajstić information content (AvgIpc) is 2.37. The van der Waals surface area contributed by atoms with Crippen LogP contribution in [0.4, 0.5) is 4.39 Å². The van der Waals surface area contributed by atoms with Gasteiger partial charge in [0.25, 0.3) is 5.56 Å². The van der Waals surface area contributed by atoms with E-state index in [-0.39, 0.29) is 22.7 Å². The molecule has 6 heteroatoms. The second-order valence-corrected chi connectivity index (χ2v) is 4.31. The van der Waals surface area contributed by atoms with Crippen LogP contribution in [0.5, 0.6) is 0 Å². The molecular weight excluding hydrogens is 273 g/mol. The van der Waals surface area contributed by atoms with Gasteiger partial charge in [-0.15, -0.1) is 0 Å². The fourth-order valence-corrected chi connectivity index (χ4v) is 1.83. The summed E-state index contributed by atoms with van der Waals surface area (Å²) in [4.78, 5) is 22.4. The van der Waals surface area contributed by atoms with E-state index in [0.717, 1.165) is 10.6 Å². The molecule has 4 nitrogen and oxygen atoms in total. The molecule has 0 bridgehead atoms. The summed E-state index contributed by atoms with van der Waals surface area (Å²) in [5.41, 5.74) is -0.233. The summed E-state index contributed by atoms with van der Waals surface area (Å²) in [7, 11) is 0. The third-order valence-corrected chi connectivity index (χ3v) is 2.89. The second-order valence-electron chi connectivity index (χ2n) is 3.90. The Bertz CT molecular complexity index is 697. The Hall–Kier alpha value is -2.14. The summed E-state index contributed by atoms with van der Waals surface area (Å²) < 4.78 is 14.8. The predicted octanol–water partition coefficient (Wildman–Crippen LogP) is 2.39. The third-order valence-electron chi connectivity index (χ3n) is 2.60. The number of nitrogens with zero attached hydrogens (tertiary/aromatic N) is 1. The fraction of sp³-hybridized carbons (Fsp3) is 0.0769. The van der Waals surface area contributed by atoms with E-state index in [9.17, 15) is 14.0 Å². The van der Waals surface area contributed by atoms with Crippen LogP contribution in [-0.4, -0.2) is 15.6 Å². The third kappa shape index (κ3) is 2.82. The van der Waals surface area contributed by atoms with Crippen LogP contribution in [0.2, 0.25) is 5.02 Å². The van der Waals surface area contributed by atoms with Crippen molar-refractivity contribution in [1.82, 2.24) is 4.57 Å². The quantitative estimate of drug-likeness (QED) is 0.940. The number of rotatable bonds is 3. The molecule has 0 saturated heterocycles. The first kappa shape index (κ1) is 13.3. The molecule has 2 aromatic rings. The number of hydrogen-bond acceptors (Lipinski definition) is 2. The van der Waals surface area contributed by atoms with Gasteiger partial charge in [0.05, 0.1) is 17.1 Å². The molecule has 0 spiro atoms. The minimum absolute atomic E-state index is 0.0398. The monoisotopic (exact) mass is 281 g/mol. The van der Waals surface area contributed by atoms with Crippen LogP contribution >= 0.6 is 11.6 Å². The molecule has 0 aliphatic carbocycles. The van der Waals surface area contributed by atoms with E-state index >= 15 is 0 Å². The number of aromatic nitrogens is 1. The maximum Gasteiger partial charge on any atom is 0.337 e. The van der Waals surface area contributed by atoms with E-state index in [0.29, 0.717) is 0 Å². The van der Waals surface area contributed by atoms with E-state index in [2.05, 4.69) is 0 Å². The van der Waals surface area contributed by atoms with Crippen molar-refractivity contribution in [3.63, 3.8) is 0 Å². The molecule has 1 heterocycles. The van der Waals surface area contributed by atoms with Crippen molar-refractivity contribution in [2.24, 2.45) is 0 Å². The number of aromatic carboxylic acids is 1. The number of pyridine rings is 1. The number of carboxylic acid groups (broad SMARTS) is 1. The van der Waals surface area contributed by atoms with E-state index < -0.39 is 17.3 Å². The maximum atomic E-state index is 13.7. The molecule has 0 atom stereocenters. The molecule has 1 N–H and O–H groups in total. The minimum atomic E-state index is -1.15. The summed E-state index contributed by atoms with van der Waals surface area (Å²) >= 11 is 5.65. The highest BCUT2D eigenvalue weighted by Crippen LogP contribution is 2.18. The van der Waals surface area contributed by atoms with Gasteiger partial charge >= 0.3 is 5.97 Å². The molecule has 0 aliphatic rings. The van der Waals surface area contributed by atoms with Crippen LogP contribution in [0, 0.1) is 5.82 Å². The number of hydrogen-bond donors (Lipinski definition) is 1. The molecule has 0 aliphatic heterocycles. The van der Waals surface area contributed by atoms with Crippen LogP contribution in [0.3, 0.4) is 0 Å². The maximum absolute atomic E-state index is 13.7. The zero-order valence-electron chi connectivity index (χ0n) is 9.64. The Morgan fingerprint density at radius 3 is 2.74 bits per heavy atom. The lowest BCUT2D eigenvalue weighted by Crippen LogP contribution is -2.21. The molecule has 0 fully saturated rings. The standard InChI is InChI=1S/C13H9ClFNO3/c14-10-3-1-2-8(12(10)15)6-16-7-9(13(18)19)4-5-11(16)17/h1-5,7H,6H2,(H,18,19). The van der Waals surface area contributed by atoms with Crippen molar-refractivity contribution >= 4 is 17.6 Å². The SMILES string of the molecule is O=C(O)c1ccc(=O)n(Cc2cccc(Cl)c2F)c1. The van der Waals surface area contributed by atoms with Gasteiger partial charge in [-0.2, -0.15) is 0 Å². The molecule has 1 aromatic carbocycles. The van der Waals surface area contributed by atoms with Crippen LogP contribution < -0.4 is 5.56 Å². The van der Waals surface area contributed by atoms with Crippen molar-refractivity contribution in [3.8, 4) is 0 Å². The highest BCUT2D eigenvalue weighted by molar-refractivity contribution is 6.30. The van der Waals surface area contributed by atoms with Crippen molar-refractivity contribution in [3.05, 3.63) is 68.8 Å². The van der Waals surface area contributed by atoms with Crippen molar-refractivity contribution in [2.45, 2.75) is 6.54 Å². The Kier molecular flexibility index (Phi) is 3.66. The number of benzene rings is 1. The molecule has 19 heavy (non-hydrogen) atoms. The van der Waals surface area contributed by atoms with Gasteiger partial charge in [-0.1, -0.05) is 23.7 Å². The molecule has 98 valence electrons. The first-order valence-corrected chi connectivity index (χ1v) is 5.73. The molecular formula is C13H9ClFNO3. The van der Waals surface area contributed by atoms with Crippen LogP contribution in [0.25, 0.3) is 0 Å². The van der Waals surface area contributed by atoms with Crippen molar-refractivity contribution in [2.75, 3.05) is 0 Å². The van der Waals surface area contributed by atoms with Crippen LogP contribution in [0.1, 0.15) is 15.9 Å². The number of carbonyl (C=O) groups is 1. The molecule has 1 aromatic heterocycles. The minimum Gasteiger partial charge on any atom is -0.478 e. The Morgan fingerprint density at radius 2 is 2.05 bits per heavy atom. The summed E-state index contributed by atoms with van der Waals surface area (Å²) in [6, 6.07) is 6.78. The smallest absolute Gasteiger partial charge is 0.337 e. The lowest BCUT2D eigenvalue weighted by molar-refractivity contribution is 0.0696. The largest absolute Gasteiger partial charge is 0.478 e. The number of halogens is 2. The summed E-state index contributed by atoms with van der Waals surface area (Å²) in [5, 5.41) is 8.81. The van der Waals surface area contributed by atoms with Gasteiger partial charge in [-0.05, 0) is 12.1 Å². The average molecular weight is 282 g/mol. The zero-order valence-corrected chi connectivity index (χ0v) is 10.4. The van der Waals surface area contributed by atoms with Gasteiger partial charge < -0.3 is 9.67 Å². The van der Waals surface area contributed by atoms with E-state index in [1.807, 2.05) is 0 Å². The Labute approximate surface area is 112 Å². The van der Waals surface area contributed by atoms with Gasteiger partial charge in [-0.3, -0.25) is 4.79 Å². The lowest BCUT2D eigenvalue weighted by atomic mass is 10.2. The summed E-state index contributed by atoms with van der Waals surface area (Å²) in [6.45, 7) is -0.0770. The molecule has 0 saturated carbocycles. The van der Waals surface area contributed by atoms with Gasteiger partial charge in [0, 0.05) is 17.8 Å². The second kappa shape index (κ2) is 5.24. The summed E-state index contributed by atoms with van der Waals surface area (Å²) in [5.74, 6) is -1.77. The molecule has 2 rings (SSSR count). The molecule has 0 amide bonds. The lowest BCUT2D eigenvalue weighted by Gasteiger charge is -2.08. The Balaban J connectivity index is 2.43. The van der Waals surface area contributed by atoms with Gasteiger partial charge in [0.1, 0.15) is 5.82 Å². The van der Waals surface area contributed by atoms with Crippen molar-refractivity contribution < 1.29 is 14.3 Å².